The molecule has 0 aliphatic rings. The van der Waals surface area contributed by atoms with E-state index in [4.69, 9.17) is 16.0 Å². The topological polar surface area (TPSA) is 54.6 Å². The molecule has 0 aliphatic heterocycles. The Morgan fingerprint density at radius 2 is 2.04 bits per heavy atom. The lowest BCUT2D eigenvalue weighted by Crippen LogP contribution is -2.17. The minimum atomic E-state index is -0.297. The quantitative estimate of drug-likeness (QED) is 0.454. The molecule has 0 aliphatic carbocycles. The summed E-state index contributed by atoms with van der Waals surface area (Å²) < 4.78 is 6.53. The van der Waals surface area contributed by atoms with E-state index in [1.54, 1.807) is 24.3 Å². The Bertz CT molecular complexity index is 950. The molecule has 1 aromatic heterocycles. The Kier molecular flexibility index (Phi) is 5.36. The molecule has 0 radical (unpaired) electrons. The van der Waals surface area contributed by atoms with Crippen LogP contribution in [0.2, 0.25) is 5.02 Å². The van der Waals surface area contributed by atoms with Gasteiger partial charge in [-0.2, -0.15) is 5.10 Å². The van der Waals surface area contributed by atoms with E-state index in [-0.39, 0.29) is 5.91 Å². The standard InChI is InChI=1S/C19H14BrClN2O2/c1-12-5-6-13(10-17(12)21)18-8-7-16(25-18)11-22-23-19(24)14-3-2-4-15(20)9-14/h2-11H,1H3,(H,23,24)/b22-11-. The van der Waals surface area contributed by atoms with E-state index in [2.05, 4.69) is 26.5 Å². The summed E-state index contributed by atoms with van der Waals surface area (Å²) in [6.45, 7) is 1.94. The molecule has 2 aromatic carbocycles. The van der Waals surface area contributed by atoms with Gasteiger partial charge >= 0.3 is 0 Å². The van der Waals surface area contributed by atoms with Gasteiger partial charge in [-0.1, -0.05) is 45.7 Å². The fraction of sp³-hybridized carbons (Fsp3) is 0.0526. The Morgan fingerprint density at radius 1 is 1.20 bits per heavy atom. The Morgan fingerprint density at radius 3 is 2.80 bits per heavy atom. The molecule has 3 aromatic rings. The second-order valence-corrected chi connectivity index (χ2v) is 6.70. The number of aryl methyl sites for hydroxylation is 1. The van der Waals surface area contributed by atoms with Crippen molar-refractivity contribution in [3.63, 3.8) is 0 Å². The van der Waals surface area contributed by atoms with Gasteiger partial charge in [0.15, 0.2) is 0 Å². The molecular formula is C19H14BrClN2O2. The molecule has 0 fully saturated rings. The molecule has 0 spiro atoms. The van der Waals surface area contributed by atoms with Crippen molar-refractivity contribution in [1.82, 2.24) is 5.43 Å². The lowest BCUT2D eigenvalue weighted by molar-refractivity contribution is 0.0955. The van der Waals surface area contributed by atoms with E-state index in [1.165, 1.54) is 6.21 Å². The van der Waals surface area contributed by atoms with E-state index in [9.17, 15) is 4.79 Å². The number of carbonyl (C=O) groups excluding carboxylic acids is 1. The highest BCUT2D eigenvalue weighted by atomic mass is 79.9. The number of amides is 1. The molecule has 6 heteroatoms. The second kappa shape index (κ2) is 7.68. The van der Waals surface area contributed by atoms with Crippen molar-refractivity contribution >= 4 is 39.7 Å². The average molecular weight is 418 g/mol. The van der Waals surface area contributed by atoms with Crippen molar-refractivity contribution in [2.24, 2.45) is 5.10 Å². The Balaban J connectivity index is 1.67. The molecule has 1 N–H and O–H groups in total. The molecule has 1 amide bonds. The van der Waals surface area contributed by atoms with Crippen molar-refractivity contribution in [2.75, 3.05) is 0 Å². The highest BCUT2D eigenvalue weighted by molar-refractivity contribution is 9.10. The summed E-state index contributed by atoms with van der Waals surface area (Å²) in [4.78, 5) is 12.0. The highest BCUT2D eigenvalue weighted by Crippen LogP contribution is 2.26. The molecule has 0 saturated carbocycles. The van der Waals surface area contributed by atoms with Gasteiger partial charge in [-0.15, -0.1) is 0 Å². The van der Waals surface area contributed by atoms with Crippen LogP contribution in [0.15, 0.2) is 68.6 Å². The number of hydrazone groups is 1. The maximum absolute atomic E-state index is 12.0. The third kappa shape index (κ3) is 4.38. The smallest absolute Gasteiger partial charge is 0.271 e. The number of benzene rings is 2. The van der Waals surface area contributed by atoms with Crippen LogP contribution >= 0.6 is 27.5 Å². The number of hydrogen-bond donors (Lipinski definition) is 1. The van der Waals surface area contributed by atoms with Crippen molar-refractivity contribution in [3.8, 4) is 11.3 Å². The third-order valence-corrected chi connectivity index (χ3v) is 4.43. The van der Waals surface area contributed by atoms with Crippen LogP contribution in [0.5, 0.6) is 0 Å². The number of carbonyl (C=O) groups is 1. The maximum Gasteiger partial charge on any atom is 0.271 e. The molecule has 4 nitrogen and oxygen atoms in total. The fourth-order valence-electron chi connectivity index (χ4n) is 2.17. The number of rotatable bonds is 4. The van der Waals surface area contributed by atoms with E-state index in [1.807, 2.05) is 37.3 Å². The minimum Gasteiger partial charge on any atom is -0.455 e. The van der Waals surface area contributed by atoms with Crippen LogP contribution < -0.4 is 5.43 Å². The number of halogens is 2. The predicted octanol–water partition coefficient (Wildman–Crippen LogP) is 5.43. The zero-order valence-electron chi connectivity index (χ0n) is 13.3. The molecule has 1 heterocycles. The number of hydrogen-bond acceptors (Lipinski definition) is 3. The Hall–Kier alpha value is -2.37. The summed E-state index contributed by atoms with van der Waals surface area (Å²) in [6.07, 6.45) is 1.45. The lowest BCUT2D eigenvalue weighted by atomic mass is 10.1. The first-order valence-electron chi connectivity index (χ1n) is 7.48. The predicted molar refractivity (Wildman–Crippen MR) is 103 cm³/mol. The summed E-state index contributed by atoms with van der Waals surface area (Å²) in [5.74, 6) is 0.914. The van der Waals surface area contributed by atoms with E-state index in [0.29, 0.717) is 22.1 Å². The molecule has 0 atom stereocenters. The SMILES string of the molecule is Cc1ccc(-c2ccc(/C=N\NC(=O)c3cccc(Br)c3)o2)cc1Cl. The maximum atomic E-state index is 12.0. The van der Waals surface area contributed by atoms with Gasteiger partial charge in [0.1, 0.15) is 11.5 Å². The fourth-order valence-corrected chi connectivity index (χ4v) is 2.75. The molecule has 0 bridgehead atoms. The van der Waals surface area contributed by atoms with Crippen LogP contribution in [0, 0.1) is 6.92 Å². The first-order chi connectivity index (χ1) is 12.0. The normalized spacial score (nSPS) is 11.0. The first-order valence-corrected chi connectivity index (χ1v) is 8.65. The van der Waals surface area contributed by atoms with Gasteiger partial charge in [0.25, 0.3) is 5.91 Å². The van der Waals surface area contributed by atoms with Crippen molar-refractivity contribution in [3.05, 3.63) is 81.0 Å². The summed E-state index contributed by atoms with van der Waals surface area (Å²) in [5, 5.41) is 4.61. The van der Waals surface area contributed by atoms with Crippen LogP contribution in [-0.4, -0.2) is 12.1 Å². The van der Waals surface area contributed by atoms with Gasteiger partial charge in [-0.3, -0.25) is 4.79 Å². The van der Waals surface area contributed by atoms with Crippen molar-refractivity contribution in [2.45, 2.75) is 6.92 Å². The summed E-state index contributed by atoms with van der Waals surface area (Å²) >= 11 is 9.47. The number of nitrogens with one attached hydrogen (secondary N) is 1. The minimum absolute atomic E-state index is 0.297. The molecule has 25 heavy (non-hydrogen) atoms. The second-order valence-electron chi connectivity index (χ2n) is 5.38. The molecule has 0 unspecified atom stereocenters. The molecule has 3 rings (SSSR count). The van der Waals surface area contributed by atoms with Crippen molar-refractivity contribution < 1.29 is 9.21 Å². The van der Waals surface area contributed by atoms with Crippen LogP contribution in [-0.2, 0) is 0 Å². The van der Waals surface area contributed by atoms with Crippen LogP contribution in [0.3, 0.4) is 0 Å². The van der Waals surface area contributed by atoms with Crippen LogP contribution in [0.4, 0.5) is 0 Å². The first kappa shape index (κ1) is 17.5. The van der Waals surface area contributed by atoms with Crippen LogP contribution in [0.25, 0.3) is 11.3 Å². The Labute approximate surface area is 158 Å². The monoisotopic (exact) mass is 416 g/mol. The van der Waals surface area contributed by atoms with Gasteiger partial charge in [0, 0.05) is 20.6 Å². The van der Waals surface area contributed by atoms with Crippen LogP contribution in [0.1, 0.15) is 21.7 Å². The van der Waals surface area contributed by atoms with Gasteiger partial charge in [-0.25, -0.2) is 5.43 Å². The number of nitrogens with zero attached hydrogens (tertiary/aromatic N) is 1. The molecular weight excluding hydrogens is 404 g/mol. The number of furan rings is 1. The molecule has 0 saturated heterocycles. The largest absolute Gasteiger partial charge is 0.455 e. The van der Waals surface area contributed by atoms with E-state index in [0.717, 1.165) is 15.6 Å². The average Bonchev–Trinajstić information content (AvgIpc) is 3.06. The third-order valence-electron chi connectivity index (χ3n) is 3.53. The summed E-state index contributed by atoms with van der Waals surface area (Å²) in [5.41, 5.74) is 4.87. The van der Waals surface area contributed by atoms with E-state index >= 15 is 0 Å². The zero-order chi connectivity index (χ0) is 17.8. The van der Waals surface area contributed by atoms with Gasteiger partial charge in [0.05, 0.1) is 6.21 Å². The van der Waals surface area contributed by atoms with E-state index < -0.39 is 0 Å². The van der Waals surface area contributed by atoms with Gasteiger partial charge in [-0.05, 0) is 48.9 Å². The lowest BCUT2D eigenvalue weighted by Gasteiger charge is -2.01. The van der Waals surface area contributed by atoms with Crippen molar-refractivity contribution in [1.29, 1.82) is 0 Å². The summed E-state index contributed by atoms with van der Waals surface area (Å²) in [7, 11) is 0. The van der Waals surface area contributed by atoms with Gasteiger partial charge in [0.2, 0.25) is 0 Å². The highest BCUT2D eigenvalue weighted by Gasteiger charge is 2.06. The molecule has 126 valence electrons. The summed E-state index contributed by atoms with van der Waals surface area (Å²) in [6, 6.07) is 16.4. The van der Waals surface area contributed by atoms with Gasteiger partial charge < -0.3 is 4.42 Å². The zero-order valence-corrected chi connectivity index (χ0v) is 15.6.